The molecule has 1 aromatic carbocycles. The molecule has 0 saturated carbocycles. The standard InChI is InChI=1S/C18H24ClN5O/c1-4-7-16-21-17(18(25)23-11-10-20-12(2)13(23)3)22-24(16)15-9-6-5-8-14(15)19/h5-6,8-9,12-13,20H,4,7,10-11H2,1-3H3. The van der Waals surface area contributed by atoms with Gasteiger partial charge in [0.2, 0.25) is 5.82 Å². The van der Waals surface area contributed by atoms with E-state index in [1.165, 1.54) is 0 Å². The largest absolute Gasteiger partial charge is 0.330 e. The van der Waals surface area contributed by atoms with Gasteiger partial charge < -0.3 is 10.2 Å². The van der Waals surface area contributed by atoms with Crippen LogP contribution >= 0.6 is 11.6 Å². The summed E-state index contributed by atoms with van der Waals surface area (Å²) in [5, 5.41) is 8.48. The Morgan fingerprint density at radius 3 is 2.84 bits per heavy atom. The lowest BCUT2D eigenvalue weighted by molar-refractivity contribution is 0.0590. The molecule has 1 N–H and O–H groups in total. The number of para-hydroxylation sites is 1. The van der Waals surface area contributed by atoms with Crippen molar-refractivity contribution in [2.45, 2.75) is 45.7 Å². The maximum atomic E-state index is 13.0. The molecule has 1 amide bonds. The number of carbonyl (C=O) groups excluding carboxylic acids is 1. The van der Waals surface area contributed by atoms with Gasteiger partial charge in [-0.25, -0.2) is 9.67 Å². The zero-order valence-corrected chi connectivity index (χ0v) is 15.6. The van der Waals surface area contributed by atoms with Crippen LogP contribution in [0, 0.1) is 0 Å². The third kappa shape index (κ3) is 3.55. The predicted octanol–water partition coefficient (Wildman–Crippen LogP) is 2.70. The molecule has 0 radical (unpaired) electrons. The Balaban J connectivity index is 1.96. The number of nitrogens with one attached hydrogen (secondary N) is 1. The van der Waals surface area contributed by atoms with Crippen molar-refractivity contribution in [2.24, 2.45) is 0 Å². The number of piperazine rings is 1. The van der Waals surface area contributed by atoms with E-state index in [0.717, 1.165) is 30.9 Å². The first-order valence-corrected chi connectivity index (χ1v) is 9.16. The highest BCUT2D eigenvalue weighted by molar-refractivity contribution is 6.32. The molecule has 1 aromatic heterocycles. The van der Waals surface area contributed by atoms with E-state index in [4.69, 9.17) is 11.6 Å². The number of benzene rings is 1. The lowest BCUT2D eigenvalue weighted by atomic mass is 10.1. The Kier molecular flexibility index (Phi) is 5.39. The van der Waals surface area contributed by atoms with Crippen LogP contribution in [0.5, 0.6) is 0 Å². The molecule has 134 valence electrons. The first-order valence-electron chi connectivity index (χ1n) is 8.78. The summed E-state index contributed by atoms with van der Waals surface area (Å²) < 4.78 is 1.70. The first kappa shape index (κ1) is 17.9. The molecule has 3 rings (SSSR count). The number of halogens is 1. The van der Waals surface area contributed by atoms with Crippen LogP contribution in [0.25, 0.3) is 5.69 Å². The molecule has 1 aliphatic heterocycles. The summed E-state index contributed by atoms with van der Waals surface area (Å²) in [7, 11) is 0. The number of amides is 1. The van der Waals surface area contributed by atoms with Crippen molar-refractivity contribution in [3.63, 3.8) is 0 Å². The van der Waals surface area contributed by atoms with E-state index in [-0.39, 0.29) is 23.8 Å². The number of aromatic nitrogens is 3. The monoisotopic (exact) mass is 361 g/mol. The van der Waals surface area contributed by atoms with Gasteiger partial charge in [-0.05, 0) is 32.4 Å². The van der Waals surface area contributed by atoms with Crippen LogP contribution in [0.4, 0.5) is 0 Å². The molecular formula is C18H24ClN5O. The van der Waals surface area contributed by atoms with Gasteiger partial charge in [0.1, 0.15) is 5.82 Å². The number of carbonyl (C=O) groups is 1. The molecule has 7 heteroatoms. The van der Waals surface area contributed by atoms with Gasteiger partial charge >= 0.3 is 0 Å². The van der Waals surface area contributed by atoms with Gasteiger partial charge in [0.15, 0.2) is 0 Å². The molecule has 2 heterocycles. The average Bonchev–Trinajstić information content (AvgIpc) is 3.01. The lowest BCUT2D eigenvalue weighted by Crippen LogP contribution is -2.57. The van der Waals surface area contributed by atoms with Gasteiger partial charge in [0, 0.05) is 31.6 Å². The highest BCUT2D eigenvalue weighted by Gasteiger charge is 2.31. The molecule has 6 nitrogen and oxygen atoms in total. The second kappa shape index (κ2) is 7.54. The Labute approximate surface area is 153 Å². The van der Waals surface area contributed by atoms with E-state index in [1.807, 2.05) is 36.1 Å². The van der Waals surface area contributed by atoms with Crippen LogP contribution in [-0.4, -0.2) is 50.7 Å². The van der Waals surface area contributed by atoms with Crippen molar-refractivity contribution in [3.05, 3.63) is 40.9 Å². The molecule has 2 aromatic rings. The smallest absolute Gasteiger partial charge is 0.293 e. The van der Waals surface area contributed by atoms with Gasteiger partial charge in [-0.1, -0.05) is 30.7 Å². The topological polar surface area (TPSA) is 63.1 Å². The Morgan fingerprint density at radius 2 is 2.12 bits per heavy atom. The van der Waals surface area contributed by atoms with Crippen LogP contribution in [0.1, 0.15) is 43.6 Å². The molecule has 1 fully saturated rings. The third-order valence-electron chi connectivity index (χ3n) is 4.71. The second-order valence-electron chi connectivity index (χ2n) is 6.45. The zero-order valence-electron chi connectivity index (χ0n) is 14.9. The lowest BCUT2D eigenvalue weighted by Gasteiger charge is -2.37. The summed E-state index contributed by atoms with van der Waals surface area (Å²) in [6, 6.07) is 7.83. The molecule has 2 unspecified atom stereocenters. The first-order chi connectivity index (χ1) is 12.0. The van der Waals surface area contributed by atoms with Crippen LogP contribution in [-0.2, 0) is 6.42 Å². The zero-order chi connectivity index (χ0) is 18.0. The van der Waals surface area contributed by atoms with Crippen molar-refractivity contribution in [1.29, 1.82) is 0 Å². The predicted molar refractivity (Wildman–Crippen MR) is 98.3 cm³/mol. The van der Waals surface area contributed by atoms with E-state index < -0.39 is 0 Å². The van der Waals surface area contributed by atoms with E-state index in [0.29, 0.717) is 11.6 Å². The van der Waals surface area contributed by atoms with Gasteiger partial charge in [-0.3, -0.25) is 4.79 Å². The summed E-state index contributed by atoms with van der Waals surface area (Å²) in [6.45, 7) is 7.65. The minimum absolute atomic E-state index is 0.100. The van der Waals surface area contributed by atoms with Crippen molar-refractivity contribution in [1.82, 2.24) is 25.0 Å². The van der Waals surface area contributed by atoms with Crippen LogP contribution in [0.15, 0.2) is 24.3 Å². The van der Waals surface area contributed by atoms with Gasteiger partial charge in [0.25, 0.3) is 5.91 Å². The van der Waals surface area contributed by atoms with Crippen molar-refractivity contribution < 1.29 is 4.79 Å². The van der Waals surface area contributed by atoms with Crippen LogP contribution in [0.2, 0.25) is 5.02 Å². The van der Waals surface area contributed by atoms with Crippen LogP contribution < -0.4 is 5.32 Å². The molecular weight excluding hydrogens is 338 g/mol. The normalized spacial score (nSPS) is 20.7. The van der Waals surface area contributed by atoms with Crippen molar-refractivity contribution in [3.8, 4) is 5.69 Å². The number of aryl methyl sites for hydroxylation is 1. The van der Waals surface area contributed by atoms with Crippen LogP contribution in [0.3, 0.4) is 0 Å². The minimum atomic E-state index is -0.121. The maximum Gasteiger partial charge on any atom is 0.293 e. The highest BCUT2D eigenvalue weighted by atomic mass is 35.5. The van der Waals surface area contributed by atoms with Gasteiger partial charge in [0.05, 0.1) is 10.7 Å². The Hall–Kier alpha value is -1.92. The Morgan fingerprint density at radius 1 is 1.36 bits per heavy atom. The average molecular weight is 362 g/mol. The second-order valence-corrected chi connectivity index (χ2v) is 6.85. The fourth-order valence-corrected chi connectivity index (χ4v) is 3.32. The highest BCUT2D eigenvalue weighted by Crippen LogP contribution is 2.22. The Bertz CT molecular complexity index is 760. The van der Waals surface area contributed by atoms with E-state index in [1.54, 1.807) is 4.68 Å². The maximum absolute atomic E-state index is 13.0. The fourth-order valence-electron chi connectivity index (χ4n) is 3.11. The molecule has 0 aliphatic carbocycles. The summed E-state index contributed by atoms with van der Waals surface area (Å²) >= 11 is 6.32. The number of hydrogen-bond donors (Lipinski definition) is 1. The summed E-state index contributed by atoms with van der Waals surface area (Å²) in [6.07, 6.45) is 1.65. The van der Waals surface area contributed by atoms with E-state index in [2.05, 4.69) is 29.2 Å². The van der Waals surface area contributed by atoms with E-state index >= 15 is 0 Å². The number of rotatable bonds is 4. The van der Waals surface area contributed by atoms with E-state index in [9.17, 15) is 4.79 Å². The summed E-state index contributed by atoms with van der Waals surface area (Å²) in [5.41, 5.74) is 0.751. The van der Waals surface area contributed by atoms with Gasteiger partial charge in [-0.2, -0.15) is 0 Å². The SMILES string of the molecule is CCCc1nc(C(=O)N2CCNC(C)C2C)nn1-c1ccccc1Cl. The van der Waals surface area contributed by atoms with Crippen molar-refractivity contribution in [2.75, 3.05) is 13.1 Å². The van der Waals surface area contributed by atoms with Crippen molar-refractivity contribution >= 4 is 17.5 Å². The fraction of sp³-hybridized carbons (Fsp3) is 0.500. The molecule has 25 heavy (non-hydrogen) atoms. The molecule has 1 saturated heterocycles. The summed E-state index contributed by atoms with van der Waals surface area (Å²) in [4.78, 5) is 19.4. The third-order valence-corrected chi connectivity index (χ3v) is 5.03. The minimum Gasteiger partial charge on any atom is -0.330 e. The molecule has 1 aliphatic rings. The molecule has 0 bridgehead atoms. The summed E-state index contributed by atoms with van der Waals surface area (Å²) in [5.74, 6) is 0.878. The van der Waals surface area contributed by atoms with Gasteiger partial charge in [-0.15, -0.1) is 5.10 Å². The molecule has 0 spiro atoms. The quantitative estimate of drug-likeness (QED) is 0.909. The number of nitrogens with zero attached hydrogens (tertiary/aromatic N) is 4. The number of hydrogen-bond acceptors (Lipinski definition) is 4. The molecule has 2 atom stereocenters.